The Hall–Kier alpha value is -2.95. The predicted molar refractivity (Wildman–Crippen MR) is 160 cm³/mol. The Labute approximate surface area is 233 Å². The lowest BCUT2D eigenvalue weighted by molar-refractivity contribution is 0.0489. The molecule has 0 bridgehead atoms. The van der Waals surface area contributed by atoms with Gasteiger partial charge in [-0.25, -0.2) is 0 Å². The summed E-state index contributed by atoms with van der Waals surface area (Å²) in [6.07, 6.45) is 3.08. The fourth-order valence-corrected chi connectivity index (χ4v) is 8.43. The van der Waals surface area contributed by atoms with Gasteiger partial charge in [-0.05, 0) is 84.7 Å². The van der Waals surface area contributed by atoms with Crippen molar-refractivity contribution in [2.75, 3.05) is 31.1 Å². The number of para-hydroxylation sites is 1. The molecule has 0 saturated heterocycles. The second kappa shape index (κ2) is 11.7. The van der Waals surface area contributed by atoms with Gasteiger partial charge in [-0.1, -0.05) is 51.5 Å². The van der Waals surface area contributed by atoms with Crippen molar-refractivity contribution < 1.29 is 18.6 Å². The maximum Gasteiger partial charge on any atom is 0.258 e. The van der Waals surface area contributed by atoms with Crippen LogP contribution < -0.4 is 25.0 Å². The lowest BCUT2D eigenvalue weighted by Crippen LogP contribution is -2.35. The summed E-state index contributed by atoms with van der Waals surface area (Å²) >= 11 is 0. The van der Waals surface area contributed by atoms with E-state index in [4.69, 9.17) is 14.0 Å². The summed E-state index contributed by atoms with van der Waals surface area (Å²) in [5.41, 5.74) is 2.77. The van der Waals surface area contributed by atoms with E-state index in [-0.39, 0.29) is 12.9 Å². The Morgan fingerprint density at radius 1 is 0.949 bits per heavy atom. The molecule has 1 heterocycles. The first-order valence-electron chi connectivity index (χ1n) is 14.0. The van der Waals surface area contributed by atoms with Crippen LogP contribution in [0.2, 0.25) is 0 Å². The molecule has 1 fully saturated rings. The predicted octanol–water partition coefficient (Wildman–Crippen LogP) is 7.67. The van der Waals surface area contributed by atoms with Crippen LogP contribution in [0.1, 0.15) is 51.4 Å². The number of nitrogens with one attached hydrogen (secondary N) is 1. The van der Waals surface area contributed by atoms with Crippen LogP contribution in [-0.2, 0) is 9.09 Å². The SMILES string of the molecule is CC(C)[C@@H]1CC[C@H](C)C[C@H]1O[P@](=O)(c1ccc(N(C)C)cc1)[C@H](Nc1ccccc1)c1ccc2c(c1)OCO2. The number of fused-ring (bicyclic) bond motifs is 1. The monoisotopic (exact) mass is 548 g/mol. The van der Waals surface area contributed by atoms with Gasteiger partial charge in [-0.15, -0.1) is 0 Å². The van der Waals surface area contributed by atoms with Crippen LogP contribution in [0.5, 0.6) is 11.5 Å². The molecule has 1 saturated carbocycles. The zero-order valence-electron chi connectivity index (χ0n) is 23.7. The average Bonchev–Trinajstić information content (AvgIpc) is 3.40. The summed E-state index contributed by atoms with van der Waals surface area (Å²) in [6.45, 7) is 6.98. The molecular weight excluding hydrogens is 507 g/mol. The molecule has 6 nitrogen and oxygen atoms in total. The van der Waals surface area contributed by atoms with Crippen molar-refractivity contribution >= 4 is 24.0 Å². The Bertz CT molecular complexity index is 1300. The van der Waals surface area contributed by atoms with Crippen LogP contribution in [0.4, 0.5) is 11.4 Å². The van der Waals surface area contributed by atoms with Crippen LogP contribution in [0.15, 0.2) is 72.8 Å². The van der Waals surface area contributed by atoms with E-state index in [1.165, 1.54) is 6.42 Å². The average molecular weight is 549 g/mol. The fraction of sp³-hybridized carbons (Fsp3) is 0.438. The van der Waals surface area contributed by atoms with Crippen molar-refractivity contribution in [3.8, 4) is 11.5 Å². The number of nitrogens with zero attached hydrogens (tertiary/aromatic N) is 1. The van der Waals surface area contributed by atoms with Gasteiger partial charge >= 0.3 is 0 Å². The highest BCUT2D eigenvalue weighted by Crippen LogP contribution is 2.62. The smallest absolute Gasteiger partial charge is 0.258 e. The maximum absolute atomic E-state index is 15.7. The minimum atomic E-state index is -3.54. The third-order valence-electron chi connectivity index (χ3n) is 8.11. The lowest BCUT2D eigenvalue weighted by Gasteiger charge is -2.41. The van der Waals surface area contributed by atoms with E-state index in [1.807, 2.05) is 91.8 Å². The summed E-state index contributed by atoms with van der Waals surface area (Å²) in [6, 6.07) is 23.7. The van der Waals surface area contributed by atoms with Crippen LogP contribution in [-0.4, -0.2) is 27.0 Å². The molecule has 0 amide bonds. The normalized spacial score (nSPS) is 22.8. The molecule has 0 spiro atoms. The molecular formula is C32H41N2O4P. The number of anilines is 2. The minimum absolute atomic E-state index is 0.0952. The van der Waals surface area contributed by atoms with Gasteiger partial charge in [0.2, 0.25) is 6.79 Å². The molecule has 39 heavy (non-hydrogen) atoms. The first kappa shape index (κ1) is 27.6. The van der Waals surface area contributed by atoms with Gasteiger partial charge in [0, 0.05) is 30.8 Å². The summed E-state index contributed by atoms with van der Waals surface area (Å²) < 4.78 is 34.0. The van der Waals surface area contributed by atoms with E-state index in [0.717, 1.165) is 29.8 Å². The molecule has 3 aromatic carbocycles. The summed E-state index contributed by atoms with van der Waals surface area (Å²) in [5.74, 6) is 2.06. The molecule has 0 radical (unpaired) electrons. The zero-order valence-corrected chi connectivity index (χ0v) is 24.6. The van der Waals surface area contributed by atoms with Crippen LogP contribution in [0, 0.1) is 17.8 Å². The van der Waals surface area contributed by atoms with E-state index in [1.54, 1.807) is 0 Å². The Morgan fingerprint density at radius 2 is 1.67 bits per heavy atom. The molecule has 1 aliphatic heterocycles. The molecule has 3 aromatic rings. The highest BCUT2D eigenvalue weighted by Gasteiger charge is 2.44. The van der Waals surface area contributed by atoms with Gasteiger partial charge in [-0.2, -0.15) is 0 Å². The van der Waals surface area contributed by atoms with Crippen molar-refractivity contribution in [2.45, 2.75) is 51.9 Å². The van der Waals surface area contributed by atoms with Crippen molar-refractivity contribution in [2.24, 2.45) is 17.8 Å². The molecule has 5 atom stereocenters. The molecule has 7 heteroatoms. The van der Waals surface area contributed by atoms with Gasteiger partial charge in [0.1, 0.15) is 5.78 Å². The van der Waals surface area contributed by atoms with E-state index >= 15 is 4.57 Å². The van der Waals surface area contributed by atoms with Gasteiger partial charge in [0.25, 0.3) is 7.37 Å². The first-order chi connectivity index (χ1) is 18.7. The van der Waals surface area contributed by atoms with E-state index in [2.05, 4.69) is 26.1 Å². The summed E-state index contributed by atoms with van der Waals surface area (Å²) in [4.78, 5) is 2.05. The third-order valence-corrected chi connectivity index (χ3v) is 10.8. The zero-order chi connectivity index (χ0) is 27.6. The number of ether oxygens (including phenoxy) is 2. The highest BCUT2D eigenvalue weighted by atomic mass is 31.2. The number of benzene rings is 3. The highest BCUT2D eigenvalue weighted by molar-refractivity contribution is 7.67. The van der Waals surface area contributed by atoms with Crippen molar-refractivity contribution in [3.63, 3.8) is 0 Å². The Balaban J connectivity index is 1.64. The molecule has 1 N–H and O–H groups in total. The van der Waals surface area contributed by atoms with Crippen molar-refractivity contribution in [1.82, 2.24) is 0 Å². The lowest BCUT2D eigenvalue weighted by atomic mass is 9.75. The van der Waals surface area contributed by atoms with Crippen molar-refractivity contribution in [3.05, 3.63) is 78.4 Å². The van der Waals surface area contributed by atoms with E-state index in [0.29, 0.717) is 34.6 Å². The standard InChI is InChI=1S/C32H41N2O4P/c1-22(2)28-17-11-23(3)19-30(28)38-39(35,27-15-13-26(14-16-27)34(4)5)32(33-25-9-7-6-8-10-25)24-12-18-29-31(20-24)37-21-36-29/h6-10,12-16,18,20,22-23,28,30,32-33H,11,17,19,21H2,1-5H3/t23-,28-,30+,32-,39+/m0/s1. The molecule has 208 valence electrons. The first-order valence-corrected chi connectivity index (χ1v) is 15.7. The quantitative estimate of drug-likeness (QED) is 0.277. The number of rotatable bonds is 9. The van der Waals surface area contributed by atoms with E-state index in [9.17, 15) is 0 Å². The van der Waals surface area contributed by atoms with Gasteiger partial charge < -0.3 is 24.2 Å². The third kappa shape index (κ3) is 5.97. The minimum Gasteiger partial charge on any atom is -0.454 e. The second-order valence-electron chi connectivity index (χ2n) is 11.5. The molecule has 0 unspecified atom stereocenters. The Morgan fingerprint density at radius 3 is 2.36 bits per heavy atom. The van der Waals surface area contributed by atoms with Crippen LogP contribution >= 0.6 is 7.37 Å². The molecule has 5 rings (SSSR count). The number of hydrogen-bond donors (Lipinski definition) is 1. The molecule has 2 aliphatic rings. The second-order valence-corrected chi connectivity index (χ2v) is 13.9. The fourth-order valence-electron chi connectivity index (χ4n) is 5.81. The molecule has 1 aliphatic carbocycles. The van der Waals surface area contributed by atoms with Gasteiger partial charge in [-0.3, -0.25) is 4.57 Å². The summed E-state index contributed by atoms with van der Waals surface area (Å²) in [5, 5.41) is 4.32. The summed E-state index contributed by atoms with van der Waals surface area (Å²) in [7, 11) is 0.474. The number of hydrogen-bond acceptors (Lipinski definition) is 6. The topological polar surface area (TPSA) is 60.0 Å². The molecule has 0 aromatic heterocycles. The van der Waals surface area contributed by atoms with Crippen LogP contribution in [0.25, 0.3) is 0 Å². The largest absolute Gasteiger partial charge is 0.454 e. The van der Waals surface area contributed by atoms with Crippen LogP contribution in [0.3, 0.4) is 0 Å². The maximum atomic E-state index is 15.7. The van der Waals surface area contributed by atoms with Gasteiger partial charge in [0.15, 0.2) is 11.5 Å². The van der Waals surface area contributed by atoms with Crippen molar-refractivity contribution in [1.29, 1.82) is 0 Å². The van der Waals surface area contributed by atoms with E-state index < -0.39 is 13.2 Å². The Kier molecular flexibility index (Phi) is 8.25. The van der Waals surface area contributed by atoms with Gasteiger partial charge in [0.05, 0.1) is 6.10 Å².